The number of anilines is 1. The number of fused-ring (bicyclic) bond motifs is 1. The molecule has 11 nitrogen and oxygen atoms in total. The topological polar surface area (TPSA) is 116 Å². The summed E-state index contributed by atoms with van der Waals surface area (Å²) in [7, 11) is 7.35. The lowest BCUT2D eigenvalue weighted by Crippen LogP contribution is -2.81. The Morgan fingerprint density at radius 2 is 1.30 bits per heavy atom. The second-order valence-electron chi connectivity index (χ2n) is 16.4. The largest absolute Gasteiger partial charge is 0.497 e. The van der Waals surface area contributed by atoms with Crippen LogP contribution in [0.3, 0.4) is 0 Å². The van der Waals surface area contributed by atoms with Gasteiger partial charge in [-0.25, -0.2) is 4.79 Å². The third kappa shape index (κ3) is 6.10. The summed E-state index contributed by atoms with van der Waals surface area (Å²) < 4.78 is 34.5. The van der Waals surface area contributed by atoms with E-state index in [0.29, 0.717) is 31.2 Å². The van der Waals surface area contributed by atoms with Gasteiger partial charge in [0.15, 0.2) is 6.10 Å². The van der Waals surface area contributed by atoms with Crippen LogP contribution < -0.4 is 39.8 Å². The first-order valence-corrected chi connectivity index (χ1v) is 22.6. The molecule has 3 aliphatic heterocycles. The molecule has 0 unspecified atom stereocenters. The summed E-state index contributed by atoms with van der Waals surface area (Å²) in [5.74, 6) is 1.62. The fourth-order valence-corrected chi connectivity index (χ4v) is 15.8. The van der Waals surface area contributed by atoms with E-state index in [1.165, 1.54) is 7.11 Å². The molecule has 1 aliphatic carbocycles. The highest BCUT2D eigenvalue weighted by atomic mass is 31.2. The van der Waals surface area contributed by atoms with Crippen LogP contribution in [0.15, 0.2) is 103 Å². The van der Waals surface area contributed by atoms with Gasteiger partial charge in [0.1, 0.15) is 46.2 Å². The van der Waals surface area contributed by atoms with E-state index in [2.05, 4.69) is 66.4 Å². The molecular weight excluding hydrogens is 780 g/mol. The first-order chi connectivity index (χ1) is 29.0. The fraction of sp³-hybridized carbons (Fsp3) is 0.417. The van der Waals surface area contributed by atoms with Crippen molar-refractivity contribution in [3.63, 3.8) is 0 Å². The minimum atomic E-state index is -2.44. The van der Waals surface area contributed by atoms with Crippen molar-refractivity contribution in [1.29, 1.82) is 0 Å². The number of nitrogens with zero attached hydrogens (tertiary/aromatic N) is 2. The van der Waals surface area contributed by atoms with Crippen molar-refractivity contribution in [3.05, 3.63) is 109 Å². The van der Waals surface area contributed by atoms with Crippen LogP contribution in [0.2, 0.25) is 0 Å². The summed E-state index contributed by atoms with van der Waals surface area (Å²) in [5, 5.41) is 16.7. The van der Waals surface area contributed by atoms with Crippen LogP contribution in [-0.2, 0) is 24.5 Å². The standard InChI is InChI=1S/C48H56N2O9P/c1-8-46-26-10-28-50-29-27-47(42(46)50)39-25-18-35(57-6)31-40(39)49(2)43(47)48(53,45(52)58-7)44(46)59-41(51)11-9-30-60(36-19-12-32(54-3)13-20-36,37-21-14-33(55-4)15-22-37)38-23-16-34(56-5)17-24-38/h10,12-26,31,42-44,53H,8-9,11,27-30H2,1-7H3/q+1/t42-,43+,44+,46+,47+,48-/m0/s1. The highest BCUT2D eigenvalue weighted by Crippen LogP contribution is 2.67. The van der Waals surface area contributed by atoms with Crippen LogP contribution in [0, 0.1) is 5.41 Å². The summed E-state index contributed by atoms with van der Waals surface area (Å²) in [6.45, 7) is 3.54. The summed E-state index contributed by atoms with van der Waals surface area (Å²) >= 11 is 0. The molecule has 4 aliphatic rings. The molecule has 3 heterocycles. The smallest absolute Gasteiger partial charge is 0.344 e. The normalized spacial score (nSPS) is 26.4. The van der Waals surface area contributed by atoms with Gasteiger partial charge in [-0.1, -0.05) is 25.1 Å². The van der Waals surface area contributed by atoms with Crippen molar-refractivity contribution in [2.45, 2.75) is 61.8 Å². The Morgan fingerprint density at radius 1 is 0.767 bits per heavy atom. The van der Waals surface area contributed by atoms with Gasteiger partial charge in [0, 0.05) is 48.6 Å². The molecule has 1 saturated carbocycles. The van der Waals surface area contributed by atoms with Crippen molar-refractivity contribution in [2.75, 3.05) is 66.7 Å². The Kier molecular flexibility index (Phi) is 11.2. The highest BCUT2D eigenvalue weighted by Gasteiger charge is 2.80. The van der Waals surface area contributed by atoms with E-state index < -0.39 is 47.8 Å². The van der Waals surface area contributed by atoms with Crippen LogP contribution in [0.4, 0.5) is 5.69 Å². The number of ether oxygens (including phenoxy) is 6. The van der Waals surface area contributed by atoms with Gasteiger partial charge in [-0.2, -0.15) is 0 Å². The van der Waals surface area contributed by atoms with E-state index in [9.17, 15) is 14.7 Å². The molecule has 8 rings (SSSR count). The highest BCUT2D eigenvalue weighted by molar-refractivity contribution is 7.95. The predicted octanol–water partition coefficient (Wildman–Crippen LogP) is 5.42. The molecule has 1 spiro atoms. The van der Waals surface area contributed by atoms with Gasteiger partial charge < -0.3 is 38.4 Å². The molecule has 12 heteroatoms. The molecule has 1 saturated heterocycles. The van der Waals surface area contributed by atoms with Crippen molar-refractivity contribution >= 4 is 40.8 Å². The Balaban J connectivity index is 1.18. The van der Waals surface area contributed by atoms with Gasteiger partial charge in [0.05, 0.1) is 47.8 Å². The molecule has 1 N–H and O–H groups in total. The third-order valence-electron chi connectivity index (χ3n) is 14.0. The van der Waals surface area contributed by atoms with Gasteiger partial charge >= 0.3 is 11.9 Å². The molecule has 2 fully saturated rings. The first-order valence-electron chi connectivity index (χ1n) is 20.7. The number of esters is 2. The molecule has 0 radical (unpaired) electrons. The summed E-state index contributed by atoms with van der Waals surface area (Å²) in [6, 6.07) is 29.6. The van der Waals surface area contributed by atoms with E-state index in [1.54, 1.807) is 28.4 Å². The third-order valence-corrected chi connectivity index (χ3v) is 18.5. The molecule has 4 aromatic rings. The minimum Gasteiger partial charge on any atom is -0.497 e. The average Bonchev–Trinajstić information content (AvgIpc) is 3.81. The number of carbonyl (C=O) groups excluding carboxylic acids is 2. The Morgan fingerprint density at radius 3 is 1.80 bits per heavy atom. The number of benzene rings is 4. The van der Waals surface area contributed by atoms with E-state index in [4.69, 9.17) is 28.4 Å². The predicted molar refractivity (Wildman–Crippen MR) is 234 cm³/mol. The Hall–Kier alpha value is -5.09. The van der Waals surface area contributed by atoms with Crippen LogP contribution in [0.1, 0.15) is 38.2 Å². The molecule has 60 heavy (non-hydrogen) atoms. The molecule has 0 bridgehead atoms. The number of hydrogen-bond donors (Lipinski definition) is 1. The Bertz CT molecular complexity index is 2130. The second kappa shape index (κ2) is 16.1. The summed E-state index contributed by atoms with van der Waals surface area (Å²) in [4.78, 5) is 33.5. The number of rotatable bonds is 14. The lowest BCUT2D eigenvalue weighted by Gasteiger charge is -2.63. The maximum atomic E-state index is 14.7. The van der Waals surface area contributed by atoms with E-state index >= 15 is 0 Å². The molecular formula is C48H56N2O9P+. The number of likely N-dealkylation sites (N-methyl/N-ethyl adjacent to an activating group) is 1. The minimum absolute atomic E-state index is 0.0545. The fourth-order valence-electron chi connectivity index (χ4n) is 11.5. The van der Waals surface area contributed by atoms with E-state index in [1.807, 2.05) is 60.5 Å². The van der Waals surface area contributed by atoms with Gasteiger partial charge in [-0.3, -0.25) is 9.69 Å². The maximum Gasteiger partial charge on any atom is 0.344 e. The van der Waals surface area contributed by atoms with Crippen LogP contribution >= 0.6 is 7.26 Å². The summed E-state index contributed by atoms with van der Waals surface area (Å²) in [5.41, 5.74) is -1.85. The number of carbonyl (C=O) groups is 2. The quantitative estimate of drug-likeness (QED) is 0.0998. The zero-order valence-corrected chi connectivity index (χ0v) is 36.4. The van der Waals surface area contributed by atoms with Crippen molar-refractivity contribution in [2.24, 2.45) is 5.41 Å². The van der Waals surface area contributed by atoms with Gasteiger partial charge in [-0.15, -0.1) is 0 Å². The number of methoxy groups -OCH3 is 5. The lowest BCUT2D eigenvalue weighted by atomic mass is 9.47. The average molecular weight is 836 g/mol. The van der Waals surface area contributed by atoms with E-state index in [-0.39, 0.29) is 12.5 Å². The Labute approximate surface area is 353 Å². The molecule has 316 valence electrons. The van der Waals surface area contributed by atoms with Gasteiger partial charge in [0.2, 0.25) is 5.60 Å². The zero-order valence-electron chi connectivity index (χ0n) is 35.6. The molecule has 0 amide bonds. The van der Waals surface area contributed by atoms with Crippen molar-refractivity contribution < 1.29 is 43.1 Å². The van der Waals surface area contributed by atoms with Crippen LogP contribution in [0.5, 0.6) is 23.0 Å². The lowest BCUT2D eigenvalue weighted by molar-refractivity contribution is -0.229. The monoisotopic (exact) mass is 835 g/mol. The SMILES string of the molecule is CC[C@]12C=CCN3CC[C@@]4(c5ccc(OC)cc5N(C)[C@H]4[C@@](O)(C(=O)OC)[C@@H]1OC(=O)CCC[P+](c1ccc(OC)cc1)(c1ccc(OC)cc1)c1ccc(OC)cc1)[C@@H]32. The van der Waals surface area contributed by atoms with Crippen molar-refractivity contribution in [3.8, 4) is 23.0 Å². The van der Waals surface area contributed by atoms with Crippen LogP contribution in [0.25, 0.3) is 0 Å². The first kappa shape index (κ1) is 41.6. The zero-order chi connectivity index (χ0) is 42.5. The second-order valence-corrected chi connectivity index (χ2v) is 20.0. The molecule has 4 aromatic carbocycles. The number of hydrogen-bond acceptors (Lipinski definition) is 11. The summed E-state index contributed by atoms with van der Waals surface area (Å²) in [6.07, 6.45) is 5.34. The van der Waals surface area contributed by atoms with Gasteiger partial charge in [0.25, 0.3) is 0 Å². The maximum absolute atomic E-state index is 14.7. The molecule has 0 aromatic heterocycles. The van der Waals surface area contributed by atoms with Gasteiger partial charge in [-0.05, 0) is 110 Å². The van der Waals surface area contributed by atoms with Crippen LogP contribution in [-0.4, -0.2) is 108 Å². The van der Waals surface area contributed by atoms with Crippen molar-refractivity contribution in [1.82, 2.24) is 4.90 Å². The van der Waals surface area contributed by atoms with E-state index in [0.717, 1.165) is 57.5 Å². The number of aliphatic hydroxyl groups is 1. The molecule has 6 atom stereocenters.